The SMILES string of the molecule is COc1ccc(/C(O)=C2\C(=O)C(=O)N(CCCn3ccnc3)[C@H]2c2ccccn2)cc1F. The van der Waals surface area contributed by atoms with Crippen molar-refractivity contribution in [3.05, 3.63) is 84.0 Å². The van der Waals surface area contributed by atoms with Crippen molar-refractivity contribution in [3.63, 3.8) is 0 Å². The number of pyridine rings is 1. The van der Waals surface area contributed by atoms with Crippen molar-refractivity contribution in [2.24, 2.45) is 0 Å². The maximum absolute atomic E-state index is 14.2. The van der Waals surface area contributed by atoms with E-state index in [4.69, 9.17) is 4.74 Å². The lowest BCUT2D eigenvalue weighted by atomic mass is 9.98. The summed E-state index contributed by atoms with van der Waals surface area (Å²) in [4.78, 5) is 35.5. The van der Waals surface area contributed by atoms with Crippen molar-refractivity contribution in [1.82, 2.24) is 19.4 Å². The quantitative estimate of drug-likeness (QED) is 0.348. The molecule has 0 bridgehead atoms. The molecule has 3 heterocycles. The number of benzene rings is 1. The first-order valence-corrected chi connectivity index (χ1v) is 10.00. The highest BCUT2D eigenvalue weighted by Crippen LogP contribution is 2.39. The van der Waals surface area contributed by atoms with Crippen LogP contribution in [0.25, 0.3) is 5.76 Å². The summed E-state index contributed by atoms with van der Waals surface area (Å²) < 4.78 is 21.0. The van der Waals surface area contributed by atoms with E-state index in [9.17, 15) is 19.1 Å². The molecule has 9 heteroatoms. The molecule has 8 nitrogen and oxygen atoms in total. The predicted molar refractivity (Wildman–Crippen MR) is 113 cm³/mol. The molecule has 0 saturated carbocycles. The van der Waals surface area contributed by atoms with Crippen LogP contribution in [-0.4, -0.2) is 49.9 Å². The molecule has 0 spiro atoms. The summed E-state index contributed by atoms with van der Waals surface area (Å²) in [7, 11) is 1.33. The monoisotopic (exact) mass is 436 g/mol. The van der Waals surface area contributed by atoms with Gasteiger partial charge in [0.2, 0.25) is 0 Å². The van der Waals surface area contributed by atoms with Crippen LogP contribution in [0, 0.1) is 5.82 Å². The second kappa shape index (κ2) is 9.01. The highest BCUT2D eigenvalue weighted by molar-refractivity contribution is 6.46. The molecule has 1 aliphatic heterocycles. The number of aromatic nitrogens is 3. The number of halogens is 1. The summed E-state index contributed by atoms with van der Waals surface area (Å²) >= 11 is 0. The van der Waals surface area contributed by atoms with Crippen molar-refractivity contribution in [1.29, 1.82) is 0 Å². The Balaban J connectivity index is 1.72. The molecule has 32 heavy (non-hydrogen) atoms. The summed E-state index contributed by atoms with van der Waals surface area (Å²) in [5.41, 5.74) is 0.381. The van der Waals surface area contributed by atoms with Crippen LogP contribution >= 0.6 is 0 Å². The van der Waals surface area contributed by atoms with E-state index >= 15 is 0 Å². The van der Waals surface area contributed by atoms with E-state index < -0.39 is 29.3 Å². The molecule has 1 amide bonds. The Labute approximate surface area is 183 Å². The number of aryl methyl sites for hydroxylation is 1. The number of carbonyl (C=O) groups excluding carboxylic acids is 2. The Kier molecular flexibility index (Phi) is 5.98. The van der Waals surface area contributed by atoms with E-state index in [0.717, 1.165) is 6.07 Å². The topological polar surface area (TPSA) is 97.6 Å². The van der Waals surface area contributed by atoms with Gasteiger partial charge in [0.15, 0.2) is 11.6 Å². The molecule has 1 aliphatic rings. The number of nitrogens with zero attached hydrogens (tertiary/aromatic N) is 4. The van der Waals surface area contributed by atoms with E-state index in [1.165, 1.54) is 24.1 Å². The number of amides is 1. The van der Waals surface area contributed by atoms with Gasteiger partial charge in [0.1, 0.15) is 11.8 Å². The molecule has 1 fully saturated rings. The molecule has 0 aliphatic carbocycles. The number of aliphatic hydroxyl groups is 1. The fourth-order valence-electron chi connectivity index (χ4n) is 3.77. The lowest BCUT2D eigenvalue weighted by molar-refractivity contribution is -0.140. The lowest BCUT2D eigenvalue weighted by Crippen LogP contribution is -2.31. The van der Waals surface area contributed by atoms with E-state index in [2.05, 4.69) is 9.97 Å². The molecule has 4 rings (SSSR count). The Hall–Kier alpha value is -4.01. The first-order chi connectivity index (χ1) is 15.5. The zero-order chi connectivity index (χ0) is 22.7. The van der Waals surface area contributed by atoms with Crippen LogP contribution in [0.1, 0.15) is 23.7 Å². The minimum Gasteiger partial charge on any atom is -0.507 e. The predicted octanol–water partition coefficient (Wildman–Crippen LogP) is 2.94. The maximum Gasteiger partial charge on any atom is 0.295 e. The number of ether oxygens (including phenoxy) is 1. The molecule has 3 aromatic rings. The Bertz CT molecular complexity index is 1160. The minimum absolute atomic E-state index is 0.00257. The first-order valence-electron chi connectivity index (χ1n) is 10.00. The average Bonchev–Trinajstić information content (AvgIpc) is 3.41. The van der Waals surface area contributed by atoms with E-state index in [1.54, 1.807) is 36.9 Å². The lowest BCUT2D eigenvalue weighted by Gasteiger charge is -2.24. The number of hydrogen-bond donors (Lipinski definition) is 1. The van der Waals surface area contributed by atoms with Gasteiger partial charge in [0.25, 0.3) is 11.7 Å². The highest BCUT2D eigenvalue weighted by Gasteiger charge is 2.46. The summed E-state index contributed by atoms with van der Waals surface area (Å²) in [5, 5.41) is 11.0. The van der Waals surface area contributed by atoms with Gasteiger partial charge in [-0.1, -0.05) is 6.07 Å². The number of ketones is 1. The summed E-state index contributed by atoms with van der Waals surface area (Å²) in [6.45, 7) is 0.860. The van der Waals surface area contributed by atoms with Gasteiger partial charge in [-0.2, -0.15) is 0 Å². The maximum atomic E-state index is 14.2. The molecule has 1 saturated heterocycles. The largest absolute Gasteiger partial charge is 0.507 e. The molecular formula is C23H21FN4O4. The smallest absolute Gasteiger partial charge is 0.295 e. The third-order valence-corrected chi connectivity index (χ3v) is 5.31. The second-order valence-electron chi connectivity index (χ2n) is 7.25. The van der Waals surface area contributed by atoms with Crippen LogP contribution in [0.3, 0.4) is 0 Å². The van der Waals surface area contributed by atoms with Crippen LogP contribution in [0.4, 0.5) is 4.39 Å². The third-order valence-electron chi connectivity index (χ3n) is 5.31. The van der Waals surface area contributed by atoms with Crippen molar-refractivity contribution in [2.45, 2.75) is 19.0 Å². The normalized spacial score (nSPS) is 17.7. The number of methoxy groups -OCH3 is 1. The molecule has 0 radical (unpaired) electrons. The van der Waals surface area contributed by atoms with Crippen molar-refractivity contribution in [2.75, 3.05) is 13.7 Å². The number of carbonyl (C=O) groups is 2. The third kappa shape index (κ3) is 3.96. The van der Waals surface area contributed by atoms with Crippen LogP contribution in [0.5, 0.6) is 5.75 Å². The number of Topliss-reactive ketones (excluding diaryl/α,β-unsaturated/α-hetero) is 1. The molecule has 164 valence electrons. The van der Waals surface area contributed by atoms with Gasteiger partial charge in [-0.05, 0) is 36.8 Å². The summed E-state index contributed by atoms with van der Waals surface area (Å²) in [6.07, 6.45) is 7.25. The summed E-state index contributed by atoms with van der Waals surface area (Å²) in [5.74, 6) is -2.72. The number of hydrogen-bond acceptors (Lipinski definition) is 6. The van der Waals surface area contributed by atoms with Gasteiger partial charge < -0.3 is 19.3 Å². The number of aliphatic hydroxyl groups excluding tert-OH is 1. The van der Waals surface area contributed by atoms with Crippen molar-refractivity contribution >= 4 is 17.4 Å². The van der Waals surface area contributed by atoms with Crippen LogP contribution in [0.15, 0.2) is 66.9 Å². The molecular weight excluding hydrogens is 415 g/mol. The number of rotatable bonds is 7. The number of imidazole rings is 1. The van der Waals surface area contributed by atoms with Crippen molar-refractivity contribution in [3.8, 4) is 5.75 Å². The van der Waals surface area contributed by atoms with Crippen LogP contribution < -0.4 is 4.74 Å². The fourth-order valence-corrected chi connectivity index (χ4v) is 3.77. The minimum atomic E-state index is -0.885. The van der Waals surface area contributed by atoms with E-state index in [-0.39, 0.29) is 23.4 Å². The summed E-state index contributed by atoms with van der Waals surface area (Å²) in [6, 6.07) is 8.09. The number of likely N-dealkylation sites (tertiary alicyclic amines) is 1. The first kappa shape index (κ1) is 21.2. The molecule has 1 aromatic carbocycles. The van der Waals surface area contributed by atoms with Crippen molar-refractivity contribution < 1.29 is 23.8 Å². The van der Waals surface area contributed by atoms with E-state index in [1.807, 2.05) is 10.8 Å². The second-order valence-corrected chi connectivity index (χ2v) is 7.25. The van der Waals surface area contributed by atoms with E-state index in [0.29, 0.717) is 18.7 Å². The zero-order valence-corrected chi connectivity index (χ0v) is 17.3. The fraction of sp³-hybridized carbons (Fsp3) is 0.217. The van der Waals surface area contributed by atoms with Gasteiger partial charge in [0, 0.05) is 37.2 Å². The molecule has 2 aromatic heterocycles. The van der Waals surface area contributed by atoms with Gasteiger partial charge in [0.05, 0.1) is 24.7 Å². The Morgan fingerprint density at radius 2 is 2.03 bits per heavy atom. The van der Waals surface area contributed by atoms with Gasteiger partial charge in [-0.15, -0.1) is 0 Å². The van der Waals surface area contributed by atoms with Crippen LogP contribution in [0.2, 0.25) is 0 Å². The average molecular weight is 436 g/mol. The van der Waals surface area contributed by atoms with Gasteiger partial charge in [-0.25, -0.2) is 9.37 Å². The molecule has 1 N–H and O–H groups in total. The Morgan fingerprint density at radius 1 is 1.19 bits per heavy atom. The molecule has 0 unspecified atom stereocenters. The van der Waals surface area contributed by atoms with Gasteiger partial charge in [-0.3, -0.25) is 14.6 Å². The zero-order valence-electron chi connectivity index (χ0n) is 17.3. The van der Waals surface area contributed by atoms with Gasteiger partial charge >= 0.3 is 0 Å². The van der Waals surface area contributed by atoms with Crippen LogP contribution in [-0.2, 0) is 16.1 Å². The standard InChI is InChI=1S/C23H21FN4O4/c1-32-18-7-6-15(13-16(18)24)21(29)19-20(17-5-2-3-8-26-17)28(23(31)22(19)30)11-4-10-27-12-9-25-14-27/h2-3,5-9,12-14,20,29H,4,10-11H2,1H3/b21-19+/t20-/m0/s1. The molecule has 1 atom stereocenters. The Morgan fingerprint density at radius 3 is 2.69 bits per heavy atom. The highest BCUT2D eigenvalue weighted by atomic mass is 19.1.